The second-order valence-electron chi connectivity index (χ2n) is 4.18. The zero-order valence-corrected chi connectivity index (χ0v) is 8.37. The van der Waals surface area contributed by atoms with Crippen molar-refractivity contribution in [1.82, 2.24) is 0 Å². The largest absolute Gasteiger partial charge is 0.389 e. The first kappa shape index (κ1) is 10.3. The second kappa shape index (κ2) is 3.74. The number of aliphatic hydroxyl groups is 1. The number of carbonyl (C=O) groups is 1. The number of carbonyl (C=O) groups excluding carboxylic acids is 1. The van der Waals surface area contributed by atoms with Gasteiger partial charge in [-0.05, 0) is 43.5 Å². The Balaban J connectivity index is 2.04. The first-order valence-electron chi connectivity index (χ1n) is 5.10. The Morgan fingerprint density at radius 3 is 2.40 bits per heavy atom. The number of rotatable bonds is 3. The van der Waals surface area contributed by atoms with Gasteiger partial charge < -0.3 is 5.11 Å². The van der Waals surface area contributed by atoms with Gasteiger partial charge in [-0.3, -0.25) is 4.79 Å². The maximum atomic E-state index is 12.6. The fourth-order valence-corrected chi connectivity index (χ4v) is 1.80. The third-order valence-electron chi connectivity index (χ3n) is 2.94. The Hall–Kier alpha value is -1.22. The molecule has 0 bridgehead atoms. The molecule has 1 aromatic carbocycles. The van der Waals surface area contributed by atoms with Gasteiger partial charge in [-0.1, -0.05) is 0 Å². The van der Waals surface area contributed by atoms with Crippen LogP contribution in [0.2, 0.25) is 0 Å². The highest BCUT2D eigenvalue weighted by Gasteiger charge is 2.36. The van der Waals surface area contributed by atoms with Crippen molar-refractivity contribution >= 4 is 5.78 Å². The van der Waals surface area contributed by atoms with Crippen LogP contribution in [0.3, 0.4) is 0 Å². The van der Waals surface area contributed by atoms with Gasteiger partial charge in [0.15, 0.2) is 5.78 Å². The molecule has 2 nitrogen and oxygen atoms in total. The van der Waals surface area contributed by atoms with E-state index in [-0.39, 0.29) is 18.0 Å². The lowest BCUT2D eigenvalue weighted by Gasteiger charge is -2.35. The molecule has 0 aromatic heterocycles. The van der Waals surface area contributed by atoms with Crippen molar-refractivity contribution in [3.8, 4) is 0 Å². The molecule has 1 saturated carbocycles. The third-order valence-corrected chi connectivity index (χ3v) is 2.94. The molecule has 1 aliphatic carbocycles. The van der Waals surface area contributed by atoms with Crippen LogP contribution in [0.1, 0.15) is 36.0 Å². The molecule has 0 radical (unpaired) electrons. The SMILES string of the molecule is O=C(CC1(O)CCC1)c1ccc(F)cc1. The summed E-state index contributed by atoms with van der Waals surface area (Å²) in [7, 11) is 0. The van der Waals surface area contributed by atoms with E-state index in [0.29, 0.717) is 18.4 Å². The molecule has 0 spiro atoms. The maximum Gasteiger partial charge on any atom is 0.165 e. The third kappa shape index (κ3) is 2.23. The minimum Gasteiger partial charge on any atom is -0.389 e. The van der Waals surface area contributed by atoms with Crippen LogP contribution >= 0.6 is 0 Å². The van der Waals surface area contributed by atoms with Gasteiger partial charge in [-0.15, -0.1) is 0 Å². The minimum atomic E-state index is -0.800. The summed E-state index contributed by atoms with van der Waals surface area (Å²) in [6.45, 7) is 0. The van der Waals surface area contributed by atoms with E-state index in [1.54, 1.807) is 0 Å². The number of benzene rings is 1. The Morgan fingerprint density at radius 2 is 1.93 bits per heavy atom. The molecule has 0 unspecified atom stereocenters. The molecule has 1 fully saturated rings. The average Bonchev–Trinajstić information content (AvgIpc) is 2.16. The van der Waals surface area contributed by atoms with E-state index in [4.69, 9.17) is 0 Å². The van der Waals surface area contributed by atoms with Crippen LogP contribution in [0.4, 0.5) is 4.39 Å². The van der Waals surface area contributed by atoms with Crippen molar-refractivity contribution in [3.63, 3.8) is 0 Å². The van der Waals surface area contributed by atoms with Crippen LogP contribution in [0.5, 0.6) is 0 Å². The highest BCUT2D eigenvalue weighted by molar-refractivity contribution is 5.96. The lowest BCUT2D eigenvalue weighted by molar-refractivity contribution is -0.0335. The summed E-state index contributed by atoms with van der Waals surface area (Å²) in [5.74, 6) is -0.467. The Bertz CT molecular complexity index is 366. The highest BCUT2D eigenvalue weighted by atomic mass is 19.1. The summed E-state index contributed by atoms with van der Waals surface area (Å²) < 4.78 is 12.6. The number of Topliss-reactive ketones (excluding diaryl/α,β-unsaturated/α-hetero) is 1. The Kier molecular flexibility index (Phi) is 2.57. The lowest BCUT2D eigenvalue weighted by atomic mass is 9.76. The van der Waals surface area contributed by atoms with Crippen LogP contribution in [0, 0.1) is 5.82 Å². The zero-order chi connectivity index (χ0) is 10.9. The van der Waals surface area contributed by atoms with Gasteiger partial charge in [0.25, 0.3) is 0 Å². The summed E-state index contributed by atoms with van der Waals surface area (Å²) in [5, 5.41) is 9.80. The average molecular weight is 208 g/mol. The van der Waals surface area contributed by atoms with E-state index >= 15 is 0 Å². The van der Waals surface area contributed by atoms with Gasteiger partial charge in [0.05, 0.1) is 5.60 Å². The molecule has 80 valence electrons. The molecule has 3 heteroatoms. The molecular weight excluding hydrogens is 195 g/mol. The molecule has 0 saturated heterocycles. The van der Waals surface area contributed by atoms with Gasteiger partial charge >= 0.3 is 0 Å². The monoisotopic (exact) mass is 208 g/mol. The molecule has 0 heterocycles. The summed E-state index contributed by atoms with van der Waals surface area (Å²) in [6.07, 6.45) is 2.52. The van der Waals surface area contributed by atoms with E-state index in [0.717, 1.165) is 6.42 Å². The zero-order valence-electron chi connectivity index (χ0n) is 8.37. The van der Waals surface area contributed by atoms with E-state index in [2.05, 4.69) is 0 Å². The Labute approximate surface area is 87.7 Å². The fourth-order valence-electron chi connectivity index (χ4n) is 1.80. The molecule has 1 aromatic rings. The fraction of sp³-hybridized carbons (Fsp3) is 0.417. The van der Waals surface area contributed by atoms with Crippen LogP contribution in [0.25, 0.3) is 0 Å². The summed E-state index contributed by atoms with van der Waals surface area (Å²) in [6, 6.07) is 5.44. The molecule has 0 amide bonds. The normalized spacial score (nSPS) is 18.3. The van der Waals surface area contributed by atoms with E-state index < -0.39 is 5.60 Å². The summed E-state index contributed by atoms with van der Waals surface area (Å²) in [4.78, 5) is 11.7. The van der Waals surface area contributed by atoms with Crippen molar-refractivity contribution in [2.45, 2.75) is 31.3 Å². The standard InChI is InChI=1S/C12H13FO2/c13-10-4-2-9(3-5-10)11(14)8-12(15)6-1-7-12/h2-5,15H,1,6-8H2. The number of halogens is 1. The van der Waals surface area contributed by atoms with Crippen LogP contribution in [-0.4, -0.2) is 16.5 Å². The quantitative estimate of drug-likeness (QED) is 0.774. The number of hydrogen-bond acceptors (Lipinski definition) is 2. The van der Waals surface area contributed by atoms with Crippen molar-refractivity contribution in [1.29, 1.82) is 0 Å². The minimum absolute atomic E-state index is 0.114. The van der Waals surface area contributed by atoms with Crippen LogP contribution in [0.15, 0.2) is 24.3 Å². The number of ketones is 1. The molecule has 15 heavy (non-hydrogen) atoms. The van der Waals surface area contributed by atoms with Gasteiger partial charge in [-0.25, -0.2) is 4.39 Å². The van der Waals surface area contributed by atoms with Gasteiger partial charge in [0, 0.05) is 12.0 Å². The number of hydrogen-bond donors (Lipinski definition) is 1. The Morgan fingerprint density at radius 1 is 1.33 bits per heavy atom. The maximum absolute atomic E-state index is 12.6. The van der Waals surface area contributed by atoms with E-state index in [1.165, 1.54) is 24.3 Å². The topological polar surface area (TPSA) is 37.3 Å². The molecule has 2 rings (SSSR count). The molecule has 1 N–H and O–H groups in total. The highest BCUT2D eigenvalue weighted by Crippen LogP contribution is 2.35. The first-order valence-corrected chi connectivity index (χ1v) is 5.10. The lowest BCUT2D eigenvalue weighted by Crippen LogP contribution is -2.38. The molecule has 0 atom stereocenters. The van der Waals surface area contributed by atoms with Crippen molar-refractivity contribution in [2.75, 3.05) is 0 Å². The molecular formula is C12H13FO2. The van der Waals surface area contributed by atoms with Crippen molar-refractivity contribution < 1.29 is 14.3 Å². The van der Waals surface area contributed by atoms with Gasteiger partial charge in [-0.2, -0.15) is 0 Å². The molecule has 1 aliphatic rings. The second-order valence-corrected chi connectivity index (χ2v) is 4.18. The first-order chi connectivity index (χ1) is 7.09. The van der Waals surface area contributed by atoms with E-state index in [1.807, 2.05) is 0 Å². The van der Waals surface area contributed by atoms with Gasteiger partial charge in [0.1, 0.15) is 5.82 Å². The van der Waals surface area contributed by atoms with Gasteiger partial charge in [0.2, 0.25) is 0 Å². The summed E-state index contributed by atoms with van der Waals surface area (Å²) in [5.41, 5.74) is -0.331. The predicted molar refractivity (Wildman–Crippen MR) is 54.1 cm³/mol. The van der Waals surface area contributed by atoms with Crippen molar-refractivity contribution in [3.05, 3.63) is 35.6 Å². The van der Waals surface area contributed by atoms with Crippen LogP contribution < -0.4 is 0 Å². The van der Waals surface area contributed by atoms with Crippen LogP contribution in [-0.2, 0) is 0 Å². The molecule has 0 aliphatic heterocycles. The van der Waals surface area contributed by atoms with Crippen molar-refractivity contribution in [2.24, 2.45) is 0 Å². The summed E-state index contributed by atoms with van der Waals surface area (Å²) >= 11 is 0. The van der Waals surface area contributed by atoms with E-state index in [9.17, 15) is 14.3 Å². The smallest absolute Gasteiger partial charge is 0.165 e. The predicted octanol–water partition coefficient (Wildman–Crippen LogP) is 2.31.